The number of fused-ring (bicyclic) bond motifs is 1. The van der Waals surface area contributed by atoms with Crippen molar-refractivity contribution < 1.29 is 8.42 Å². The Morgan fingerprint density at radius 3 is 2.49 bits per heavy atom. The monoisotopic (exact) mass is 509 g/mol. The molecule has 35 heavy (non-hydrogen) atoms. The quantitative estimate of drug-likeness (QED) is 0.394. The topological polar surface area (TPSA) is 80.1 Å². The summed E-state index contributed by atoms with van der Waals surface area (Å²) in [4.78, 5) is 11.8. The molecule has 0 radical (unpaired) electrons. The first-order valence-corrected chi connectivity index (χ1v) is 13.4. The normalized spacial score (nSPS) is 17.2. The average molecular weight is 510 g/mol. The molecule has 182 valence electrons. The van der Waals surface area contributed by atoms with Crippen LogP contribution in [-0.2, 0) is 10.0 Å². The van der Waals surface area contributed by atoms with Gasteiger partial charge in [0.25, 0.3) is 10.0 Å². The molecule has 5 rings (SSSR count). The molecule has 3 heterocycles. The van der Waals surface area contributed by atoms with Gasteiger partial charge in [0, 0.05) is 41.8 Å². The van der Waals surface area contributed by atoms with Crippen LogP contribution >= 0.6 is 11.6 Å². The summed E-state index contributed by atoms with van der Waals surface area (Å²) in [5.74, 6) is 0.480. The second-order valence-corrected chi connectivity index (χ2v) is 12.0. The van der Waals surface area contributed by atoms with Gasteiger partial charge in [-0.05, 0) is 45.4 Å². The van der Waals surface area contributed by atoms with E-state index in [1.54, 1.807) is 48.8 Å². The van der Waals surface area contributed by atoms with Crippen LogP contribution in [-0.4, -0.2) is 51.9 Å². The number of nitrogens with one attached hydrogen (secondary N) is 1. The lowest BCUT2D eigenvalue weighted by atomic mass is 10.1. The van der Waals surface area contributed by atoms with Crippen LogP contribution in [0.5, 0.6) is 0 Å². The maximum absolute atomic E-state index is 13.5. The molecule has 0 saturated carbocycles. The molecular weight excluding hydrogens is 482 g/mol. The third kappa shape index (κ3) is 4.53. The molecular formula is C26H28ClN5O2S. The molecule has 1 saturated heterocycles. The van der Waals surface area contributed by atoms with E-state index in [9.17, 15) is 8.42 Å². The summed E-state index contributed by atoms with van der Waals surface area (Å²) in [7, 11) is -3.81. The molecule has 1 atom stereocenters. The summed E-state index contributed by atoms with van der Waals surface area (Å²) in [5, 5.41) is 4.55. The van der Waals surface area contributed by atoms with Gasteiger partial charge in [-0.1, -0.05) is 48.0 Å². The highest BCUT2D eigenvalue weighted by atomic mass is 35.5. The molecule has 1 aliphatic rings. The summed E-state index contributed by atoms with van der Waals surface area (Å²) in [6, 6.07) is 16.0. The Morgan fingerprint density at radius 2 is 1.77 bits per heavy atom. The Kier molecular flexibility index (Phi) is 6.07. The summed E-state index contributed by atoms with van der Waals surface area (Å²) in [6.45, 7) is 8.55. The summed E-state index contributed by atoms with van der Waals surface area (Å²) in [5.41, 5.74) is 1.80. The number of likely N-dealkylation sites (tertiary alicyclic amines) is 1. The van der Waals surface area contributed by atoms with Crippen molar-refractivity contribution in [1.29, 1.82) is 0 Å². The van der Waals surface area contributed by atoms with Gasteiger partial charge in [0.05, 0.1) is 27.3 Å². The van der Waals surface area contributed by atoms with Crippen LogP contribution in [0.15, 0.2) is 71.9 Å². The Balaban J connectivity index is 1.54. The maximum atomic E-state index is 13.5. The standard InChI is InChI=1S/C26H28ClN5O2S/c1-26(2,3)31-14-13-18(16-31)29-25-28-15-22(27)24(30-25)21-17-32(23-12-8-7-11-20(21)23)35(33,34)19-9-5-4-6-10-19/h4-12,15,17-18H,13-14,16H2,1-3H3,(H,28,29,30)/t18-/m1/s1. The lowest BCUT2D eigenvalue weighted by molar-refractivity contribution is 0.174. The predicted octanol–water partition coefficient (Wildman–Crippen LogP) is 5.27. The van der Waals surface area contributed by atoms with Crippen LogP contribution in [0.25, 0.3) is 22.2 Å². The largest absolute Gasteiger partial charge is 0.350 e. The molecule has 0 amide bonds. The van der Waals surface area contributed by atoms with Crippen molar-refractivity contribution in [2.75, 3.05) is 18.4 Å². The number of hydrogen-bond donors (Lipinski definition) is 1. The zero-order chi connectivity index (χ0) is 24.8. The van der Waals surface area contributed by atoms with Gasteiger partial charge in [-0.25, -0.2) is 22.4 Å². The summed E-state index contributed by atoms with van der Waals surface area (Å²) < 4.78 is 28.2. The third-order valence-electron chi connectivity index (χ3n) is 6.45. The third-order valence-corrected chi connectivity index (χ3v) is 8.41. The van der Waals surface area contributed by atoms with Crippen molar-refractivity contribution in [1.82, 2.24) is 18.8 Å². The minimum absolute atomic E-state index is 0.106. The van der Waals surface area contributed by atoms with Gasteiger partial charge in [-0.2, -0.15) is 0 Å². The van der Waals surface area contributed by atoms with Crippen LogP contribution in [0, 0.1) is 0 Å². The number of benzene rings is 2. The van der Waals surface area contributed by atoms with E-state index < -0.39 is 10.0 Å². The SMILES string of the molecule is CC(C)(C)N1CC[C@@H](Nc2ncc(Cl)c(-c3cn(S(=O)(=O)c4ccccc4)c4ccccc34)n2)C1. The number of halogens is 1. The molecule has 2 aromatic heterocycles. The number of nitrogens with zero attached hydrogens (tertiary/aromatic N) is 4. The van der Waals surface area contributed by atoms with Crippen molar-refractivity contribution in [2.24, 2.45) is 0 Å². The van der Waals surface area contributed by atoms with Crippen LogP contribution in [0.1, 0.15) is 27.2 Å². The highest BCUT2D eigenvalue weighted by Gasteiger charge is 2.31. The van der Waals surface area contributed by atoms with E-state index in [2.05, 4.69) is 36.0 Å². The first kappa shape index (κ1) is 23.8. The molecule has 1 fully saturated rings. The second-order valence-electron chi connectivity index (χ2n) is 9.81. The van der Waals surface area contributed by atoms with Gasteiger partial charge in [0.1, 0.15) is 0 Å². The molecule has 0 aliphatic carbocycles. The first-order chi connectivity index (χ1) is 16.6. The highest BCUT2D eigenvalue weighted by molar-refractivity contribution is 7.90. The number of hydrogen-bond acceptors (Lipinski definition) is 6. The molecule has 0 bridgehead atoms. The molecule has 1 aliphatic heterocycles. The van der Waals surface area contributed by atoms with Gasteiger partial charge in [-0.3, -0.25) is 4.90 Å². The molecule has 7 nitrogen and oxygen atoms in total. The molecule has 2 aromatic carbocycles. The van der Waals surface area contributed by atoms with Gasteiger partial charge in [-0.15, -0.1) is 0 Å². The number of rotatable bonds is 5. The zero-order valence-electron chi connectivity index (χ0n) is 19.9. The number of anilines is 1. The van der Waals surface area contributed by atoms with E-state index in [1.807, 2.05) is 18.2 Å². The van der Waals surface area contributed by atoms with Crippen LogP contribution in [0.2, 0.25) is 5.02 Å². The number of aromatic nitrogens is 3. The van der Waals surface area contributed by atoms with E-state index in [1.165, 1.54) is 3.97 Å². The van der Waals surface area contributed by atoms with Crippen molar-refractivity contribution in [3.63, 3.8) is 0 Å². The van der Waals surface area contributed by atoms with Crippen LogP contribution in [0.3, 0.4) is 0 Å². The van der Waals surface area contributed by atoms with Crippen molar-refractivity contribution in [3.8, 4) is 11.3 Å². The zero-order valence-corrected chi connectivity index (χ0v) is 21.5. The molecule has 9 heteroatoms. The fourth-order valence-electron chi connectivity index (χ4n) is 4.54. The van der Waals surface area contributed by atoms with Crippen LogP contribution in [0.4, 0.5) is 5.95 Å². The van der Waals surface area contributed by atoms with Gasteiger partial charge in [0.15, 0.2) is 0 Å². The average Bonchev–Trinajstić information content (AvgIpc) is 3.46. The van der Waals surface area contributed by atoms with Crippen molar-refractivity contribution in [2.45, 2.75) is 43.7 Å². The Bertz CT molecular complexity index is 1480. The van der Waals surface area contributed by atoms with E-state index in [0.29, 0.717) is 27.7 Å². The summed E-state index contributed by atoms with van der Waals surface area (Å²) >= 11 is 6.55. The second kappa shape index (κ2) is 8.93. The predicted molar refractivity (Wildman–Crippen MR) is 140 cm³/mol. The van der Waals surface area contributed by atoms with Crippen molar-refractivity contribution >= 4 is 38.5 Å². The molecule has 0 unspecified atom stereocenters. The molecule has 1 N–H and O–H groups in total. The number of para-hydroxylation sites is 1. The van der Waals surface area contributed by atoms with Gasteiger partial charge < -0.3 is 5.32 Å². The minimum atomic E-state index is -3.81. The lowest BCUT2D eigenvalue weighted by Crippen LogP contribution is -2.40. The highest BCUT2D eigenvalue weighted by Crippen LogP contribution is 2.36. The first-order valence-electron chi connectivity index (χ1n) is 11.6. The fourth-order valence-corrected chi connectivity index (χ4v) is 6.12. The Hall–Kier alpha value is -2.94. The Labute approximate surface area is 210 Å². The van der Waals surface area contributed by atoms with Gasteiger partial charge in [0.2, 0.25) is 5.95 Å². The van der Waals surface area contributed by atoms with E-state index >= 15 is 0 Å². The van der Waals surface area contributed by atoms with Crippen molar-refractivity contribution in [3.05, 3.63) is 72.0 Å². The lowest BCUT2D eigenvalue weighted by Gasteiger charge is -2.31. The smallest absolute Gasteiger partial charge is 0.268 e. The molecule has 4 aromatic rings. The fraction of sp³-hybridized carbons (Fsp3) is 0.308. The van der Waals surface area contributed by atoms with E-state index in [0.717, 1.165) is 24.9 Å². The maximum Gasteiger partial charge on any atom is 0.268 e. The molecule has 0 spiro atoms. The summed E-state index contributed by atoms with van der Waals surface area (Å²) in [6.07, 6.45) is 4.16. The van der Waals surface area contributed by atoms with Gasteiger partial charge >= 0.3 is 0 Å². The minimum Gasteiger partial charge on any atom is -0.350 e. The van der Waals surface area contributed by atoms with E-state index in [-0.39, 0.29) is 16.5 Å². The van der Waals surface area contributed by atoms with E-state index in [4.69, 9.17) is 16.6 Å². The van der Waals surface area contributed by atoms with Crippen LogP contribution < -0.4 is 5.32 Å². The Morgan fingerprint density at radius 1 is 1.06 bits per heavy atom.